The van der Waals surface area contributed by atoms with Crippen LogP contribution >= 0.6 is 11.3 Å². The van der Waals surface area contributed by atoms with Gasteiger partial charge in [0.15, 0.2) is 0 Å². The summed E-state index contributed by atoms with van der Waals surface area (Å²) in [5, 5.41) is 38.1. The fraction of sp³-hybridized carbons (Fsp3) is 0.500. The first-order chi connectivity index (χ1) is 31.4. The zero-order valence-electron chi connectivity index (χ0n) is 37.6. The Kier molecular flexibility index (Phi) is 28.4. The summed E-state index contributed by atoms with van der Waals surface area (Å²) in [5.41, 5.74) is 3.15. The molecule has 0 spiro atoms. The molecule has 0 fully saturated rings. The van der Waals surface area contributed by atoms with Crippen LogP contribution in [0.15, 0.2) is 78.0 Å². The molecule has 2 N–H and O–H groups in total. The van der Waals surface area contributed by atoms with Gasteiger partial charge in [0, 0.05) is 18.8 Å². The summed E-state index contributed by atoms with van der Waals surface area (Å²) < 4.78 is 27.6. The Balaban J connectivity index is 1.90. The van der Waals surface area contributed by atoms with E-state index < -0.39 is 35.7 Å². The van der Waals surface area contributed by atoms with Crippen molar-refractivity contribution >= 4 is 56.6 Å². The van der Waals surface area contributed by atoms with E-state index in [1.165, 1.54) is 0 Å². The predicted octanol–water partition coefficient (Wildman–Crippen LogP) is 9.93. The van der Waals surface area contributed by atoms with Gasteiger partial charge >= 0.3 is 23.9 Å². The topological polar surface area (TPSA) is 211 Å². The van der Waals surface area contributed by atoms with Gasteiger partial charge in [0.25, 0.3) is 0 Å². The number of ether oxygens (including phenoxy) is 5. The summed E-state index contributed by atoms with van der Waals surface area (Å²) in [4.78, 5) is 53.5. The Morgan fingerprint density at radius 3 is 1.75 bits per heavy atom. The number of carboxylic acid groups (broad SMARTS) is 2. The maximum absolute atomic E-state index is 12.4. The van der Waals surface area contributed by atoms with Gasteiger partial charge < -0.3 is 38.8 Å². The second-order valence-corrected chi connectivity index (χ2v) is 15.7. The molecule has 0 amide bonds. The number of allylic oxidation sites excluding steroid dienone is 6. The minimum Gasteiger partial charge on any atom is -0.481 e. The normalized spacial score (nSPS) is 12.2. The number of esters is 2. The minimum absolute atomic E-state index is 0.0175. The van der Waals surface area contributed by atoms with Crippen LogP contribution in [0, 0.1) is 43.6 Å². The molecule has 2 unspecified atom stereocenters. The molecule has 2 atom stereocenters. The van der Waals surface area contributed by atoms with Gasteiger partial charge in [-0.05, 0) is 94.5 Å². The molecule has 0 saturated heterocycles. The molecule has 1 aromatic carbocycles. The number of unbranched alkanes of at least 4 members (excludes halogenated alkanes) is 4. The number of benzene rings is 1. The zero-order valence-corrected chi connectivity index (χ0v) is 38.4. The summed E-state index contributed by atoms with van der Waals surface area (Å²) >= 11 is 1.12. The molecule has 1 aromatic heterocycles. The van der Waals surface area contributed by atoms with E-state index in [1.54, 1.807) is 25.1 Å². The first-order valence-corrected chi connectivity index (χ1v) is 22.5. The van der Waals surface area contributed by atoms with E-state index >= 15 is 0 Å². The number of hydrogen-bond acceptors (Lipinski definition) is 14. The third kappa shape index (κ3) is 23.0. The van der Waals surface area contributed by atoms with Gasteiger partial charge in [0.2, 0.25) is 5.00 Å². The van der Waals surface area contributed by atoms with Crippen LogP contribution in [0.25, 0.3) is 4.85 Å². The van der Waals surface area contributed by atoms with Crippen molar-refractivity contribution in [1.82, 2.24) is 0 Å². The Bertz CT molecular complexity index is 2000. The number of carbonyl (C=O) groups is 4. The summed E-state index contributed by atoms with van der Waals surface area (Å²) in [6.07, 6.45) is 16.3. The Morgan fingerprint density at radius 1 is 0.785 bits per heavy atom. The first kappa shape index (κ1) is 55.2. The molecule has 2 aromatic rings. The molecule has 65 heavy (non-hydrogen) atoms. The molecule has 0 aliphatic carbocycles. The predicted molar refractivity (Wildman–Crippen MR) is 249 cm³/mol. The fourth-order valence-corrected chi connectivity index (χ4v) is 6.86. The van der Waals surface area contributed by atoms with Crippen molar-refractivity contribution in [2.75, 3.05) is 70.8 Å². The number of nitrogens with zero attached hydrogens (tertiary/aromatic N) is 5. The molecule has 2 rings (SSSR count). The van der Waals surface area contributed by atoms with E-state index in [-0.39, 0.29) is 71.9 Å². The lowest BCUT2D eigenvalue weighted by molar-refractivity contribution is -0.152. The van der Waals surface area contributed by atoms with Crippen LogP contribution in [0.3, 0.4) is 0 Å². The summed E-state index contributed by atoms with van der Waals surface area (Å²) in [6.45, 7) is 20.5. The van der Waals surface area contributed by atoms with Gasteiger partial charge in [-0.25, -0.2) is 4.85 Å². The number of thiophene rings is 1. The summed E-state index contributed by atoms with van der Waals surface area (Å²) in [6, 6.07) is 7.72. The van der Waals surface area contributed by atoms with Crippen LogP contribution in [-0.4, -0.2) is 100 Å². The summed E-state index contributed by atoms with van der Waals surface area (Å²) in [5.74, 6) is -5.07. The van der Waals surface area contributed by atoms with Crippen molar-refractivity contribution in [1.29, 1.82) is 5.26 Å². The molecule has 17 heteroatoms. The van der Waals surface area contributed by atoms with Crippen LogP contribution in [0.1, 0.15) is 80.9 Å². The van der Waals surface area contributed by atoms with E-state index in [1.807, 2.05) is 48.3 Å². The minimum atomic E-state index is -1.06. The lowest BCUT2D eigenvalue weighted by Gasteiger charge is -2.25. The summed E-state index contributed by atoms with van der Waals surface area (Å²) in [7, 11) is 0. The Morgan fingerprint density at radius 2 is 1.29 bits per heavy atom. The number of azo groups is 1. The van der Waals surface area contributed by atoms with Crippen molar-refractivity contribution in [3.63, 3.8) is 0 Å². The number of carboxylic acids is 2. The molecule has 1 heterocycles. The first-order valence-electron chi connectivity index (χ1n) is 21.7. The number of aryl methyl sites for hydroxylation is 1. The number of hydrogen-bond donors (Lipinski definition) is 2. The van der Waals surface area contributed by atoms with E-state index in [2.05, 4.69) is 34.3 Å². The lowest BCUT2D eigenvalue weighted by Crippen LogP contribution is -2.31. The quantitative estimate of drug-likeness (QED) is 0.0215. The van der Waals surface area contributed by atoms with E-state index in [9.17, 15) is 34.7 Å². The number of rotatable bonds is 36. The van der Waals surface area contributed by atoms with Crippen molar-refractivity contribution in [2.45, 2.75) is 78.1 Å². The highest BCUT2D eigenvalue weighted by atomic mass is 32.1. The molecule has 16 nitrogen and oxygen atoms in total. The molecule has 352 valence electrons. The molecule has 0 aliphatic rings. The number of aliphatic carboxylic acids is 2. The molecular formula is C48H63N5O11S. The van der Waals surface area contributed by atoms with Crippen molar-refractivity contribution < 1.29 is 53.1 Å². The molecule has 0 saturated carbocycles. The van der Waals surface area contributed by atoms with E-state index in [4.69, 9.17) is 30.3 Å². The number of carbonyl (C=O) groups excluding carboxylic acids is 2. The third-order valence-electron chi connectivity index (χ3n) is 9.73. The van der Waals surface area contributed by atoms with Gasteiger partial charge in [0.1, 0.15) is 24.3 Å². The van der Waals surface area contributed by atoms with Crippen LogP contribution in [0.5, 0.6) is 0 Å². The Labute approximate surface area is 386 Å². The van der Waals surface area contributed by atoms with Crippen LogP contribution in [0.2, 0.25) is 0 Å². The van der Waals surface area contributed by atoms with Crippen LogP contribution in [-0.2, 0) is 42.9 Å². The highest BCUT2D eigenvalue weighted by Crippen LogP contribution is 2.41. The number of nitriles is 1. The van der Waals surface area contributed by atoms with E-state index in [0.717, 1.165) is 61.1 Å². The average molecular weight is 918 g/mol. The molecular weight excluding hydrogens is 855 g/mol. The smallest absolute Gasteiger partial charge is 0.307 e. The fourth-order valence-electron chi connectivity index (χ4n) is 6.00. The van der Waals surface area contributed by atoms with Gasteiger partial charge in [0.05, 0.1) is 82.1 Å². The van der Waals surface area contributed by atoms with Gasteiger partial charge in [-0.15, -0.1) is 34.7 Å². The van der Waals surface area contributed by atoms with Crippen molar-refractivity contribution in [3.8, 4) is 6.07 Å². The van der Waals surface area contributed by atoms with Gasteiger partial charge in [-0.1, -0.05) is 36.5 Å². The average Bonchev–Trinajstić information content (AvgIpc) is 3.60. The number of anilines is 1. The monoisotopic (exact) mass is 917 g/mol. The zero-order chi connectivity index (χ0) is 47.7. The van der Waals surface area contributed by atoms with Gasteiger partial charge in [-0.2, -0.15) is 5.26 Å². The highest BCUT2D eigenvalue weighted by Gasteiger charge is 2.22. The molecule has 0 bridgehead atoms. The van der Waals surface area contributed by atoms with Crippen LogP contribution < -0.4 is 4.90 Å². The maximum atomic E-state index is 12.4. The second-order valence-electron chi connectivity index (χ2n) is 14.7. The standard InChI is InChI=1S/C48H63N5O11S/c1-6-8-10-12-14-16-18-38(47(56)57)33-43(54)63-30-28-61-25-23-53(40-20-21-42(36(3)32-40)51-52-46-41(35-49)37(4)45(50-5)65-46)22-24-60-26-27-62-29-31-64-44(55)34-39(48(58)59)19-17-15-13-11-9-7-2/h6-7,14-17,20-21,32,38-39H,1-2,8-13,18-19,22-31,33-34H2,3-4H3,(H,56,57)(H,58,59)/b16-14+,17-15+,52-51?. The Hall–Kier alpha value is -5.98. The van der Waals surface area contributed by atoms with Crippen molar-refractivity contribution in [2.24, 2.45) is 22.1 Å². The SMILES string of the molecule is [C-]#[N+]c1sc(N=Nc2ccc(N(CCOCCOCCOC(=O)CC(C/C=C/CCCC=C)C(=O)O)CCOCCOC(=O)CC(C/C=C/CCCC=C)C(=O)O)cc2C)c(C#N)c1C. The molecule has 0 radical (unpaired) electrons. The van der Waals surface area contributed by atoms with Gasteiger partial charge in [-0.3, -0.25) is 19.2 Å². The maximum Gasteiger partial charge on any atom is 0.307 e. The lowest BCUT2D eigenvalue weighted by atomic mass is 10.0. The largest absolute Gasteiger partial charge is 0.481 e. The molecule has 0 aliphatic heterocycles. The van der Waals surface area contributed by atoms with Crippen molar-refractivity contribution in [3.05, 3.63) is 95.9 Å². The second kappa shape index (κ2) is 33.5. The third-order valence-corrected chi connectivity index (χ3v) is 10.8. The highest BCUT2D eigenvalue weighted by molar-refractivity contribution is 7.20. The van der Waals surface area contributed by atoms with Crippen LogP contribution in [0.4, 0.5) is 21.4 Å². The van der Waals surface area contributed by atoms with E-state index in [0.29, 0.717) is 46.5 Å².